The fourth-order valence-corrected chi connectivity index (χ4v) is 6.71. The molecule has 2 fully saturated rings. The number of nitrogens with zero attached hydrogens (tertiary/aromatic N) is 2. The highest BCUT2D eigenvalue weighted by Gasteiger charge is 2.44. The maximum Gasteiger partial charge on any atom is 0.248 e. The van der Waals surface area contributed by atoms with E-state index in [9.17, 15) is 22.0 Å². The first-order valence-corrected chi connectivity index (χ1v) is 13.6. The van der Waals surface area contributed by atoms with Gasteiger partial charge in [0.2, 0.25) is 15.9 Å². The maximum absolute atomic E-state index is 14.4. The lowest BCUT2D eigenvalue weighted by Gasteiger charge is -2.42. The van der Waals surface area contributed by atoms with Crippen LogP contribution < -0.4 is 4.74 Å². The quantitative estimate of drug-likeness (QED) is 0.516. The van der Waals surface area contributed by atoms with Crippen molar-refractivity contribution in [3.05, 3.63) is 59.1 Å². The van der Waals surface area contributed by atoms with Crippen molar-refractivity contribution >= 4 is 27.5 Å². The van der Waals surface area contributed by atoms with Gasteiger partial charge in [-0.2, -0.15) is 4.31 Å². The van der Waals surface area contributed by atoms with Gasteiger partial charge >= 0.3 is 0 Å². The second-order valence-electron chi connectivity index (χ2n) is 9.35. The van der Waals surface area contributed by atoms with Crippen LogP contribution in [0.3, 0.4) is 0 Å². The summed E-state index contributed by atoms with van der Waals surface area (Å²) in [7, 11) is -4.46. The molecule has 0 unspecified atom stereocenters. The van der Waals surface area contributed by atoms with Crippen LogP contribution >= 0.6 is 11.6 Å². The van der Waals surface area contributed by atoms with E-state index in [2.05, 4.69) is 0 Å². The number of hydrogen-bond donors (Lipinski definition) is 0. The molecule has 6 nitrogen and oxygen atoms in total. The van der Waals surface area contributed by atoms with Crippen LogP contribution in [0, 0.1) is 17.0 Å². The molecule has 0 radical (unpaired) electrons. The van der Waals surface area contributed by atoms with E-state index in [1.54, 1.807) is 24.3 Å². The minimum absolute atomic E-state index is 0.0549. The minimum atomic E-state index is -4.46. The average Bonchev–Trinajstić information content (AvgIpc) is 2.84. The third-order valence-electron chi connectivity index (χ3n) is 6.74. The first-order valence-electron chi connectivity index (χ1n) is 11.8. The molecule has 35 heavy (non-hydrogen) atoms. The summed E-state index contributed by atoms with van der Waals surface area (Å²) in [6.07, 6.45) is 4.03. The largest absolute Gasteiger partial charge is 0.493 e. The van der Waals surface area contributed by atoms with E-state index in [4.69, 9.17) is 16.3 Å². The van der Waals surface area contributed by atoms with Gasteiger partial charge in [-0.15, -0.1) is 0 Å². The fraction of sp³-hybridized carbons (Fsp3) is 0.480. The number of amides is 1. The lowest BCUT2D eigenvalue weighted by atomic mass is 9.78. The lowest BCUT2D eigenvalue weighted by Crippen LogP contribution is -2.51. The molecular weight excluding hydrogens is 498 g/mol. The van der Waals surface area contributed by atoms with Gasteiger partial charge in [0.05, 0.1) is 6.61 Å². The second-order valence-corrected chi connectivity index (χ2v) is 11.7. The predicted octanol–water partition coefficient (Wildman–Crippen LogP) is 4.87. The topological polar surface area (TPSA) is 66.9 Å². The van der Waals surface area contributed by atoms with Crippen LogP contribution in [0.5, 0.6) is 5.75 Å². The van der Waals surface area contributed by atoms with Gasteiger partial charge in [-0.1, -0.05) is 17.7 Å². The highest BCUT2D eigenvalue weighted by atomic mass is 35.5. The van der Waals surface area contributed by atoms with Crippen molar-refractivity contribution < 1.29 is 26.7 Å². The van der Waals surface area contributed by atoms with Gasteiger partial charge in [0.25, 0.3) is 0 Å². The Bertz CT molecular complexity index is 1140. The molecule has 0 saturated carbocycles. The highest BCUT2D eigenvalue weighted by molar-refractivity contribution is 7.89. The Hall–Kier alpha value is -2.23. The third kappa shape index (κ3) is 5.95. The Labute approximate surface area is 209 Å². The van der Waals surface area contributed by atoms with Gasteiger partial charge in [-0.25, -0.2) is 17.2 Å². The summed E-state index contributed by atoms with van der Waals surface area (Å²) >= 11 is 5.96. The molecule has 1 amide bonds. The third-order valence-corrected chi connectivity index (χ3v) is 8.89. The monoisotopic (exact) mass is 526 g/mol. The van der Waals surface area contributed by atoms with Gasteiger partial charge in [0.15, 0.2) is 4.90 Å². The fourth-order valence-electron chi connectivity index (χ4n) is 4.88. The molecule has 2 saturated heterocycles. The Morgan fingerprint density at radius 2 is 1.63 bits per heavy atom. The van der Waals surface area contributed by atoms with Crippen molar-refractivity contribution in [2.24, 2.45) is 5.41 Å². The number of carbonyl (C=O) groups is 1. The summed E-state index contributed by atoms with van der Waals surface area (Å²) in [5.74, 6) is -1.79. The zero-order chi connectivity index (χ0) is 25.1. The average molecular weight is 527 g/mol. The van der Waals surface area contributed by atoms with E-state index >= 15 is 0 Å². The van der Waals surface area contributed by atoms with Crippen LogP contribution in [-0.2, 0) is 14.8 Å². The molecule has 0 N–H and O–H groups in total. The van der Waals surface area contributed by atoms with Crippen LogP contribution in [0.25, 0.3) is 0 Å². The molecule has 2 aliphatic heterocycles. The summed E-state index contributed by atoms with van der Waals surface area (Å²) in [6.45, 7) is 1.47. The van der Waals surface area contributed by atoms with E-state index in [0.29, 0.717) is 36.7 Å². The van der Waals surface area contributed by atoms with Gasteiger partial charge in [-0.3, -0.25) is 4.79 Å². The van der Waals surface area contributed by atoms with E-state index in [1.807, 2.05) is 4.90 Å². The molecular formula is C25H29ClF2N2O4S. The molecule has 1 atom stereocenters. The van der Waals surface area contributed by atoms with Gasteiger partial charge in [-0.05, 0) is 68.5 Å². The molecule has 2 heterocycles. The molecule has 0 aromatic heterocycles. The van der Waals surface area contributed by atoms with Crippen molar-refractivity contribution in [3.8, 4) is 5.75 Å². The molecule has 10 heteroatoms. The number of ether oxygens (including phenoxy) is 1. The van der Waals surface area contributed by atoms with Crippen molar-refractivity contribution in [2.75, 3.05) is 32.8 Å². The Morgan fingerprint density at radius 1 is 0.971 bits per heavy atom. The minimum Gasteiger partial charge on any atom is -0.493 e. The van der Waals surface area contributed by atoms with Crippen LogP contribution in [0.4, 0.5) is 8.78 Å². The van der Waals surface area contributed by atoms with Crippen molar-refractivity contribution in [1.29, 1.82) is 0 Å². The van der Waals surface area contributed by atoms with Crippen molar-refractivity contribution in [2.45, 2.75) is 43.4 Å². The zero-order valence-electron chi connectivity index (χ0n) is 19.4. The molecule has 2 aromatic carbocycles. The highest BCUT2D eigenvalue weighted by Crippen LogP contribution is 2.38. The van der Waals surface area contributed by atoms with Gasteiger partial charge < -0.3 is 9.64 Å². The van der Waals surface area contributed by atoms with Gasteiger partial charge in [0, 0.05) is 43.0 Å². The SMILES string of the molecule is O=C(C[C@@]1(COc2ccc(Cl)cc2)CCCN(S(=O)(=O)c2c(F)cccc2F)C1)N1CCCCC1. The number of carbonyl (C=O) groups excluding carboxylic acids is 1. The number of sulfonamides is 1. The Balaban J connectivity index is 1.61. The number of piperidine rings is 2. The standard InChI is InChI=1S/C25H29ClF2N2O4S/c26-19-8-10-20(11-9-19)34-18-25(16-23(31)29-13-2-1-3-14-29)12-5-15-30(17-25)35(32,33)24-21(27)6-4-7-22(24)28/h4,6-11H,1-3,5,12-18H2/t25-/m0/s1. The molecule has 4 rings (SSSR count). The first-order chi connectivity index (χ1) is 16.7. The normalized spacial score (nSPS) is 21.6. The Kier molecular flexibility index (Phi) is 7.98. The zero-order valence-corrected chi connectivity index (χ0v) is 21.0. The number of likely N-dealkylation sites (tertiary alicyclic amines) is 1. The van der Waals surface area contributed by atoms with Crippen LogP contribution in [0.1, 0.15) is 38.5 Å². The summed E-state index contributed by atoms with van der Waals surface area (Å²) in [5.41, 5.74) is -0.846. The predicted molar refractivity (Wildman–Crippen MR) is 129 cm³/mol. The summed E-state index contributed by atoms with van der Waals surface area (Å²) in [5, 5.41) is 0.550. The molecule has 0 aliphatic carbocycles. The molecule has 2 aliphatic rings. The van der Waals surface area contributed by atoms with E-state index in [1.165, 1.54) is 0 Å². The first kappa shape index (κ1) is 25.9. The second kappa shape index (κ2) is 10.8. The number of benzene rings is 2. The Morgan fingerprint density at radius 3 is 2.29 bits per heavy atom. The number of rotatable bonds is 7. The van der Waals surface area contributed by atoms with Crippen LogP contribution in [0.2, 0.25) is 5.02 Å². The number of halogens is 3. The molecule has 190 valence electrons. The number of hydrogen-bond acceptors (Lipinski definition) is 4. The molecule has 0 bridgehead atoms. The summed E-state index contributed by atoms with van der Waals surface area (Å²) in [6, 6.07) is 9.75. The molecule has 2 aromatic rings. The van der Waals surface area contributed by atoms with Crippen LogP contribution in [0.15, 0.2) is 47.4 Å². The smallest absolute Gasteiger partial charge is 0.248 e. The summed E-state index contributed by atoms with van der Waals surface area (Å²) in [4.78, 5) is 14.1. The van der Waals surface area contributed by atoms with Crippen molar-refractivity contribution in [3.63, 3.8) is 0 Å². The lowest BCUT2D eigenvalue weighted by molar-refractivity contribution is -0.136. The van der Waals surface area contributed by atoms with Crippen molar-refractivity contribution in [1.82, 2.24) is 9.21 Å². The van der Waals surface area contributed by atoms with E-state index in [0.717, 1.165) is 41.8 Å². The van der Waals surface area contributed by atoms with Gasteiger partial charge in [0.1, 0.15) is 17.4 Å². The van der Waals surface area contributed by atoms with E-state index < -0.39 is 32.0 Å². The summed E-state index contributed by atoms with van der Waals surface area (Å²) < 4.78 is 62.5. The van der Waals surface area contributed by atoms with Crippen LogP contribution in [-0.4, -0.2) is 56.3 Å². The van der Waals surface area contributed by atoms with E-state index in [-0.39, 0.29) is 32.0 Å². The molecule has 0 spiro atoms. The maximum atomic E-state index is 14.4.